The molecule has 0 spiro atoms. The van der Waals surface area contributed by atoms with Gasteiger partial charge in [0, 0.05) is 18.8 Å². The summed E-state index contributed by atoms with van der Waals surface area (Å²) >= 11 is 0. The monoisotopic (exact) mass is 413 g/mol. The summed E-state index contributed by atoms with van der Waals surface area (Å²) in [5.74, 6) is -2.18. The molecule has 0 aliphatic carbocycles. The van der Waals surface area contributed by atoms with Gasteiger partial charge in [0.1, 0.15) is 11.4 Å². The lowest BCUT2D eigenvalue weighted by molar-refractivity contribution is -0.384. The van der Waals surface area contributed by atoms with Crippen molar-refractivity contribution >= 4 is 28.9 Å². The van der Waals surface area contributed by atoms with E-state index in [4.69, 9.17) is 4.74 Å². The van der Waals surface area contributed by atoms with Crippen LogP contribution in [0.1, 0.15) is 10.4 Å². The van der Waals surface area contributed by atoms with Crippen LogP contribution in [0.4, 0.5) is 30.2 Å². The molecule has 0 aliphatic heterocycles. The van der Waals surface area contributed by atoms with E-state index in [1.54, 1.807) is 0 Å². The van der Waals surface area contributed by atoms with Crippen molar-refractivity contribution in [1.82, 2.24) is 0 Å². The fourth-order valence-corrected chi connectivity index (χ4v) is 2.17. The van der Waals surface area contributed by atoms with Gasteiger partial charge in [-0.25, -0.2) is 4.79 Å². The zero-order valence-electron chi connectivity index (χ0n) is 14.8. The molecule has 2 aromatic rings. The van der Waals surface area contributed by atoms with Gasteiger partial charge >= 0.3 is 12.3 Å². The number of halogens is 3. The van der Waals surface area contributed by atoms with Gasteiger partial charge in [0.25, 0.3) is 11.6 Å². The van der Waals surface area contributed by atoms with Crippen LogP contribution in [0, 0.1) is 10.1 Å². The number of benzene rings is 2. The minimum absolute atomic E-state index is 0.128. The molecule has 1 amide bonds. The van der Waals surface area contributed by atoms with Crippen molar-refractivity contribution in [1.29, 1.82) is 0 Å². The first-order valence-corrected chi connectivity index (χ1v) is 7.88. The van der Waals surface area contributed by atoms with Gasteiger partial charge in [-0.2, -0.15) is 0 Å². The van der Waals surface area contributed by atoms with Crippen LogP contribution in [-0.4, -0.2) is 36.8 Å². The number of esters is 1. The molecule has 0 bridgehead atoms. The Morgan fingerprint density at radius 1 is 1.14 bits per heavy atom. The normalized spacial score (nSPS) is 10.8. The number of rotatable bonds is 7. The Hall–Kier alpha value is -3.83. The first-order valence-electron chi connectivity index (χ1n) is 7.88. The number of anilines is 2. The van der Waals surface area contributed by atoms with Gasteiger partial charge in [-0.05, 0) is 36.4 Å². The molecule has 0 saturated carbocycles. The van der Waals surface area contributed by atoms with Crippen molar-refractivity contribution in [2.75, 3.05) is 24.3 Å². The van der Waals surface area contributed by atoms with E-state index in [0.717, 1.165) is 18.2 Å². The van der Waals surface area contributed by atoms with Crippen molar-refractivity contribution in [3.05, 3.63) is 58.1 Å². The third-order valence-electron chi connectivity index (χ3n) is 3.41. The molecule has 2 rings (SSSR count). The van der Waals surface area contributed by atoms with Gasteiger partial charge in [-0.3, -0.25) is 14.9 Å². The van der Waals surface area contributed by atoms with E-state index < -0.39 is 35.5 Å². The lowest BCUT2D eigenvalue weighted by atomic mass is 10.1. The summed E-state index contributed by atoms with van der Waals surface area (Å²) in [6.07, 6.45) is -4.83. The number of hydrogen-bond acceptors (Lipinski definition) is 7. The highest BCUT2D eigenvalue weighted by molar-refractivity contribution is 5.96. The van der Waals surface area contributed by atoms with Crippen LogP contribution in [-0.2, 0) is 9.53 Å². The predicted molar refractivity (Wildman–Crippen MR) is 94.7 cm³/mol. The number of amides is 1. The van der Waals surface area contributed by atoms with E-state index in [1.807, 2.05) is 0 Å². The van der Waals surface area contributed by atoms with E-state index in [0.29, 0.717) is 0 Å². The van der Waals surface area contributed by atoms with Crippen LogP contribution in [0.25, 0.3) is 0 Å². The molecule has 2 N–H and O–H groups in total. The Labute approximate surface area is 161 Å². The molecule has 0 fully saturated rings. The summed E-state index contributed by atoms with van der Waals surface area (Å²) < 4.78 is 44.8. The fraction of sp³-hybridized carbons (Fsp3) is 0.176. The molecule has 0 aliphatic rings. The number of carbonyl (C=O) groups excluding carboxylic acids is 2. The Morgan fingerprint density at radius 3 is 2.34 bits per heavy atom. The van der Waals surface area contributed by atoms with Crippen LogP contribution in [0.3, 0.4) is 0 Å². The zero-order valence-corrected chi connectivity index (χ0v) is 14.8. The number of nitro benzene ring substituents is 1. The molecule has 12 heteroatoms. The van der Waals surface area contributed by atoms with Crippen LogP contribution < -0.4 is 15.4 Å². The van der Waals surface area contributed by atoms with Crippen molar-refractivity contribution in [3.63, 3.8) is 0 Å². The lowest BCUT2D eigenvalue weighted by Crippen LogP contribution is -2.21. The van der Waals surface area contributed by atoms with E-state index >= 15 is 0 Å². The second kappa shape index (κ2) is 8.91. The molecule has 154 valence electrons. The highest BCUT2D eigenvalue weighted by atomic mass is 19.4. The Kier molecular flexibility index (Phi) is 6.59. The van der Waals surface area contributed by atoms with E-state index in [-0.39, 0.29) is 22.6 Å². The van der Waals surface area contributed by atoms with Crippen LogP contribution >= 0.6 is 0 Å². The Morgan fingerprint density at radius 2 is 1.79 bits per heavy atom. The number of nitrogens with one attached hydrogen (secondary N) is 2. The van der Waals surface area contributed by atoms with E-state index in [9.17, 15) is 32.9 Å². The van der Waals surface area contributed by atoms with Gasteiger partial charge in [-0.1, -0.05) is 0 Å². The number of hydrogen-bond donors (Lipinski definition) is 2. The molecule has 0 radical (unpaired) electrons. The molecule has 0 heterocycles. The minimum Gasteiger partial charge on any atom is -0.452 e. The maximum atomic E-state index is 12.1. The topological polar surface area (TPSA) is 120 Å². The summed E-state index contributed by atoms with van der Waals surface area (Å²) in [5, 5.41) is 15.9. The number of nitrogens with zero attached hydrogens (tertiary/aromatic N) is 1. The maximum absolute atomic E-state index is 12.1. The third-order valence-corrected chi connectivity index (χ3v) is 3.41. The van der Waals surface area contributed by atoms with Gasteiger partial charge in [-0.15, -0.1) is 13.2 Å². The molecule has 9 nitrogen and oxygen atoms in total. The Bertz CT molecular complexity index is 916. The van der Waals surface area contributed by atoms with Crippen molar-refractivity contribution < 1.29 is 37.2 Å². The third kappa shape index (κ3) is 6.37. The molecule has 0 atom stereocenters. The van der Waals surface area contributed by atoms with Crippen molar-refractivity contribution in [2.45, 2.75) is 6.36 Å². The predicted octanol–water partition coefficient (Wildman–Crippen LogP) is 3.33. The van der Waals surface area contributed by atoms with Gasteiger partial charge in [0.2, 0.25) is 0 Å². The molecular formula is C17H14F3N3O6. The highest BCUT2D eigenvalue weighted by Crippen LogP contribution is 2.26. The zero-order chi connectivity index (χ0) is 21.6. The largest absolute Gasteiger partial charge is 0.573 e. The van der Waals surface area contributed by atoms with Gasteiger partial charge in [0.05, 0.1) is 10.5 Å². The van der Waals surface area contributed by atoms with Crippen molar-refractivity contribution in [2.24, 2.45) is 0 Å². The summed E-state index contributed by atoms with van der Waals surface area (Å²) in [7, 11) is 1.48. The summed E-state index contributed by atoms with van der Waals surface area (Å²) in [5.41, 5.74) is -0.124. The summed E-state index contributed by atoms with van der Waals surface area (Å²) in [4.78, 5) is 34.1. The van der Waals surface area contributed by atoms with Gasteiger partial charge < -0.3 is 20.1 Å². The smallest absolute Gasteiger partial charge is 0.452 e. The molecule has 0 saturated heterocycles. The maximum Gasteiger partial charge on any atom is 0.573 e. The summed E-state index contributed by atoms with van der Waals surface area (Å²) in [6.45, 7) is -0.707. The Balaban J connectivity index is 1.93. The minimum atomic E-state index is -4.83. The van der Waals surface area contributed by atoms with Crippen molar-refractivity contribution in [3.8, 4) is 5.75 Å². The van der Waals surface area contributed by atoms with E-state index in [1.165, 1.54) is 31.3 Å². The quantitative estimate of drug-likeness (QED) is 0.406. The number of carbonyl (C=O) groups is 2. The SMILES string of the molecule is CNc1ccc(C(=O)OCC(=O)Nc2ccc(OC(F)(F)F)cc2)cc1[N+](=O)[O-]. The second-order valence-corrected chi connectivity index (χ2v) is 5.44. The van der Waals surface area contributed by atoms with E-state index in [2.05, 4.69) is 15.4 Å². The standard InChI is InChI=1S/C17H14F3N3O6/c1-21-13-7-2-10(8-14(13)23(26)27)16(25)28-9-15(24)22-11-3-5-12(6-4-11)29-17(18,19)20/h2-8,21H,9H2,1H3,(H,22,24). The number of alkyl halides is 3. The molecule has 0 aromatic heterocycles. The second-order valence-electron chi connectivity index (χ2n) is 5.44. The fourth-order valence-electron chi connectivity index (χ4n) is 2.17. The number of nitro groups is 1. The summed E-state index contributed by atoms with van der Waals surface area (Å²) in [6, 6.07) is 7.94. The van der Waals surface area contributed by atoms with Crippen LogP contribution in [0.5, 0.6) is 5.75 Å². The first-order chi connectivity index (χ1) is 13.6. The van der Waals surface area contributed by atoms with Crippen LogP contribution in [0.2, 0.25) is 0 Å². The molecule has 0 unspecified atom stereocenters. The first kappa shape index (κ1) is 21.5. The molecular weight excluding hydrogens is 399 g/mol. The molecule has 2 aromatic carbocycles. The van der Waals surface area contributed by atoms with Crippen LogP contribution in [0.15, 0.2) is 42.5 Å². The lowest BCUT2D eigenvalue weighted by Gasteiger charge is -2.10. The van der Waals surface area contributed by atoms with Gasteiger partial charge in [0.15, 0.2) is 6.61 Å². The average molecular weight is 413 g/mol. The highest BCUT2D eigenvalue weighted by Gasteiger charge is 2.31. The number of ether oxygens (including phenoxy) is 2. The molecule has 29 heavy (non-hydrogen) atoms. The average Bonchev–Trinajstić information content (AvgIpc) is 2.66.